The molecule has 31 heavy (non-hydrogen) atoms. The van der Waals surface area contributed by atoms with Crippen molar-refractivity contribution in [1.82, 2.24) is 0 Å². The maximum atomic E-state index is 12.4. The van der Waals surface area contributed by atoms with Gasteiger partial charge in [0.2, 0.25) is 0 Å². The van der Waals surface area contributed by atoms with Crippen LogP contribution < -0.4 is 0 Å². The van der Waals surface area contributed by atoms with Gasteiger partial charge >= 0.3 is 11.9 Å². The third-order valence-electron chi connectivity index (χ3n) is 5.97. The molecule has 5 nitrogen and oxygen atoms in total. The van der Waals surface area contributed by atoms with Crippen LogP contribution in [0.1, 0.15) is 110 Å². The molecule has 1 fully saturated rings. The molecule has 0 amide bonds. The summed E-state index contributed by atoms with van der Waals surface area (Å²) < 4.78 is 17.0. The number of ether oxygens (including phenoxy) is 3. The lowest BCUT2D eigenvalue weighted by Gasteiger charge is -2.22. The molecule has 0 aromatic carbocycles. The fourth-order valence-corrected chi connectivity index (χ4v) is 4.03. The van der Waals surface area contributed by atoms with Crippen LogP contribution >= 0.6 is 0 Å². The zero-order chi connectivity index (χ0) is 22.7. The highest BCUT2D eigenvalue weighted by molar-refractivity contribution is 5.70. The topological polar surface area (TPSA) is 61.8 Å². The molecule has 0 radical (unpaired) electrons. The quantitative estimate of drug-likeness (QED) is 0.130. The zero-order valence-corrected chi connectivity index (χ0v) is 20.1. The van der Waals surface area contributed by atoms with Crippen LogP contribution in [0, 0.1) is 5.92 Å². The Morgan fingerprint density at radius 1 is 0.871 bits per heavy atom. The largest absolute Gasteiger partial charge is 0.463 e. The van der Waals surface area contributed by atoms with Crippen molar-refractivity contribution in [2.24, 2.45) is 5.92 Å². The monoisotopic (exact) mass is 438 g/mol. The summed E-state index contributed by atoms with van der Waals surface area (Å²) in [5.41, 5.74) is 0. The van der Waals surface area contributed by atoms with Gasteiger partial charge in [-0.3, -0.25) is 9.59 Å². The lowest BCUT2D eigenvalue weighted by Crippen LogP contribution is -2.35. The molecule has 0 bridgehead atoms. The average molecular weight is 439 g/mol. The summed E-state index contributed by atoms with van der Waals surface area (Å²) in [7, 11) is 0. The number of hydrogen-bond donors (Lipinski definition) is 0. The first-order valence-corrected chi connectivity index (χ1v) is 12.7. The highest BCUT2D eigenvalue weighted by atomic mass is 16.6. The molecule has 0 aliphatic carbocycles. The molecule has 0 aromatic heterocycles. The first kappa shape index (κ1) is 27.7. The lowest BCUT2D eigenvalue weighted by atomic mass is 9.98. The van der Waals surface area contributed by atoms with Crippen LogP contribution in [0.5, 0.6) is 0 Å². The van der Waals surface area contributed by atoms with Crippen LogP contribution in [0.3, 0.4) is 0 Å². The molecule has 1 heterocycles. The predicted molar refractivity (Wildman–Crippen MR) is 125 cm³/mol. The van der Waals surface area contributed by atoms with Crippen LogP contribution in [-0.4, -0.2) is 37.4 Å². The van der Waals surface area contributed by atoms with Crippen LogP contribution in [0.25, 0.3) is 0 Å². The molecule has 1 saturated heterocycles. The van der Waals surface area contributed by atoms with Gasteiger partial charge in [-0.25, -0.2) is 0 Å². The van der Waals surface area contributed by atoms with Gasteiger partial charge in [-0.1, -0.05) is 84.1 Å². The summed E-state index contributed by atoms with van der Waals surface area (Å²) in [6, 6.07) is 0. The molecule has 1 aliphatic heterocycles. The van der Waals surface area contributed by atoms with Crippen molar-refractivity contribution >= 4 is 11.9 Å². The highest BCUT2D eigenvalue weighted by Crippen LogP contribution is 2.28. The number of allylic oxidation sites excluding steroid dienone is 1. The summed E-state index contributed by atoms with van der Waals surface area (Å²) in [5.74, 6) is -0.292. The number of carbonyl (C=O) groups is 2. The molecular formula is C26H46O5. The van der Waals surface area contributed by atoms with E-state index in [4.69, 9.17) is 14.2 Å². The number of unbranched alkanes of at least 4 members (excludes halogenated alkanes) is 10. The van der Waals surface area contributed by atoms with Gasteiger partial charge in [0.1, 0.15) is 18.8 Å². The fraction of sp³-hybridized carbons (Fsp3) is 0.846. The number of esters is 2. The number of rotatable bonds is 19. The maximum Gasteiger partial charge on any atom is 0.306 e. The fourth-order valence-electron chi connectivity index (χ4n) is 4.03. The highest BCUT2D eigenvalue weighted by Gasteiger charge is 2.40. The third-order valence-corrected chi connectivity index (χ3v) is 5.97. The van der Waals surface area contributed by atoms with Gasteiger partial charge in [-0.2, -0.15) is 0 Å². The summed E-state index contributed by atoms with van der Waals surface area (Å²) in [6.45, 7) is 8.84. The molecule has 0 N–H and O–H groups in total. The third kappa shape index (κ3) is 12.9. The minimum Gasteiger partial charge on any atom is -0.463 e. The molecular weight excluding hydrogens is 392 g/mol. The molecule has 5 heteroatoms. The van der Waals surface area contributed by atoms with Crippen LogP contribution in [0.2, 0.25) is 0 Å². The van der Waals surface area contributed by atoms with Crippen molar-refractivity contribution in [3.05, 3.63) is 12.7 Å². The van der Waals surface area contributed by atoms with Gasteiger partial charge in [0, 0.05) is 18.8 Å². The first-order valence-electron chi connectivity index (χ1n) is 12.7. The van der Waals surface area contributed by atoms with E-state index in [0.29, 0.717) is 19.4 Å². The lowest BCUT2D eigenvalue weighted by molar-refractivity contribution is -0.158. The van der Waals surface area contributed by atoms with E-state index in [-0.39, 0.29) is 36.7 Å². The molecule has 1 unspecified atom stereocenters. The summed E-state index contributed by atoms with van der Waals surface area (Å²) in [5, 5.41) is 0. The first-order chi connectivity index (χ1) is 15.1. The van der Waals surface area contributed by atoms with Crippen LogP contribution in [-0.2, 0) is 23.8 Å². The van der Waals surface area contributed by atoms with Crippen LogP contribution in [0.15, 0.2) is 12.7 Å². The Balaban J connectivity index is 2.33. The smallest absolute Gasteiger partial charge is 0.306 e. The zero-order valence-electron chi connectivity index (χ0n) is 20.1. The van der Waals surface area contributed by atoms with Gasteiger partial charge in [-0.15, -0.1) is 6.58 Å². The molecule has 1 aliphatic rings. The van der Waals surface area contributed by atoms with E-state index in [9.17, 15) is 9.59 Å². The molecule has 180 valence electrons. The van der Waals surface area contributed by atoms with Gasteiger partial charge in [0.25, 0.3) is 0 Å². The van der Waals surface area contributed by atoms with Gasteiger partial charge in [0.05, 0.1) is 6.61 Å². The SMILES string of the molecule is C=CCC1CO[C@H](COC(=O)CCCCCCCC)[C@H]1OC(=O)CCCCCCCC. The van der Waals surface area contributed by atoms with Crippen molar-refractivity contribution in [2.45, 2.75) is 122 Å². The molecule has 3 atom stereocenters. The summed E-state index contributed by atoms with van der Waals surface area (Å²) in [6.07, 6.45) is 16.3. The van der Waals surface area contributed by atoms with Gasteiger partial charge in [-0.05, 0) is 19.3 Å². The standard InChI is InChI=1S/C26H46O5/c1-4-7-9-11-13-15-18-24(27)30-21-23-26(22(17-6-3)20-29-23)31-25(28)19-16-14-12-10-8-5-2/h6,22-23,26H,3-5,7-21H2,1-2H3/t22?,23-,26+/m1/s1. The van der Waals surface area contributed by atoms with Gasteiger partial charge < -0.3 is 14.2 Å². The van der Waals surface area contributed by atoms with Gasteiger partial charge in [0.15, 0.2) is 0 Å². The Bertz CT molecular complexity index is 490. The Hall–Kier alpha value is -1.36. The normalized spacial score (nSPS) is 20.5. The van der Waals surface area contributed by atoms with E-state index in [1.165, 1.54) is 51.4 Å². The molecule has 0 aromatic rings. The Kier molecular flexibility index (Phi) is 16.3. The van der Waals surface area contributed by atoms with Crippen molar-refractivity contribution in [3.63, 3.8) is 0 Å². The molecule has 0 saturated carbocycles. The van der Waals surface area contributed by atoms with E-state index in [1.807, 2.05) is 6.08 Å². The Morgan fingerprint density at radius 2 is 1.42 bits per heavy atom. The number of carbonyl (C=O) groups excluding carboxylic acids is 2. The van der Waals surface area contributed by atoms with E-state index in [1.54, 1.807) is 0 Å². The van der Waals surface area contributed by atoms with Crippen molar-refractivity contribution in [3.8, 4) is 0 Å². The predicted octanol–water partition coefficient (Wildman–Crippen LogP) is 6.53. The molecule has 0 spiro atoms. The Labute approximate surface area is 190 Å². The second-order valence-corrected chi connectivity index (χ2v) is 8.83. The van der Waals surface area contributed by atoms with E-state index in [2.05, 4.69) is 20.4 Å². The van der Waals surface area contributed by atoms with E-state index >= 15 is 0 Å². The summed E-state index contributed by atoms with van der Waals surface area (Å²) in [4.78, 5) is 24.4. The van der Waals surface area contributed by atoms with Crippen molar-refractivity contribution < 1.29 is 23.8 Å². The van der Waals surface area contributed by atoms with Crippen LogP contribution in [0.4, 0.5) is 0 Å². The van der Waals surface area contributed by atoms with E-state index < -0.39 is 0 Å². The Morgan fingerprint density at radius 3 is 2.00 bits per heavy atom. The minimum atomic E-state index is -0.382. The second-order valence-electron chi connectivity index (χ2n) is 8.83. The average Bonchev–Trinajstić information content (AvgIpc) is 3.13. The van der Waals surface area contributed by atoms with Crippen molar-refractivity contribution in [1.29, 1.82) is 0 Å². The van der Waals surface area contributed by atoms with Crippen molar-refractivity contribution in [2.75, 3.05) is 13.2 Å². The maximum absolute atomic E-state index is 12.4. The second kappa shape index (κ2) is 18.2. The molecule has 1 rings (SSSR count). The van der Waals surface area contributed by atoms with E-state index in [0.717, 1.165) is 32.1 Å². The minimum absolute atomic E-state index is 0.0771. The summed E-state index contributed by atoms with van der Waals surface area (Å²) >= 11 is 0. The number of hydrogen-bond acceptors (Lipinski definition) is 5.